The number of anilines is 1. The summed E-state index contributed by atoms with van der Waals surface area (Å²) in [5, 5.41) is 12.0. The van der Waals surface area contributed by atoms with Gasteiger partial charge in [-0.3, -0.25) is 9.59 Å². The number of carbonyl (C=O) groups excluding carboxylic acids is 2. The van der Waals surface area contributed by atoms with Crippen molar-refractivity contribution in [3.8, 4) is 0 Å². The Morgan fingerprint density at radius 2 is 1.61 bits per heavy atom. The fourth-order valence-electron chi connectivity index (χ4n) is 5.21. The number of hydrogen-bond acceptors (Lipinski definition) is 4. The molecule has 0 radical (unpaired) electrons. The third kappa shape index (κ3) is 5.09. The zero-order valence-corrected chi connectivity index (χ0v) is 18.7. The molecule has 4 N–H and O–H groups in total. The van der Waals surface area contributed by atoms with Gasteiger partial charge in [-0.2, -0.15) is 0 Å². The van der Waals surface area contributed by atoms with Crippen LogP contribution >= 0.6 is 0 Å². The van der Waals surface area contributed by atoms with E-state index in [2.05, 4.69) is 5.32 Å². The molecular weight excluding hydrogens is 418 g/mol. The van der Waals surface area contributed by atoms with Gasteiger partial charge in [-0.15, -0.1) is 0 Å². The van der Waals surface area contributed by atoms with Crippen molar-refractivity contribution in [2.45, 2.75) is 44.1 Å². The molecule has 0 spiro atoms. The molecule has 1 heterocycles. The van der Waals surface area contributed by atoms with Crippen molar-refractivity contribution in [3.05, 3.63) is 65.7 Å². The molecule has 2 amide bonds. The first-order chi connectivity index (χ1) is 16.0. The summed E-state index contributed by atoms with van der Waals surface area (Å²) < 4.78 is 0. The summed E-state index contributed by atoms with van der Waals surface area (Å²) >= 11 is 0. The molecule has 7 nitrogen and oxygen atoms in total. The van der Waals surface area contributed by atoms with Crippen LogP contribution in [-0.4, -0.2) is 46.9 Å². The Bertz CT molecular complexity index is 984. The Labute approximate surface area is 194 Å². The number of nitrogens with one attached hydrogen (secondary N) is 1. The van der Waals surface area contributed by atoms with Gasteiger partial charge >= 0.3 is 5.97 Å². The van der Waals surface area contributed by atoms with Crippen LogP contribution in [0.1, 0.15) is 53.9 Å². The minimum absolute atomic E-state index is 0.0604. The number of carboxylic acids is 1. The molecule has 1 saturated carbocycles. The summed E-state index contributed by atoms with van der Waals surface area (Å²) in [6.07, 6.45) is 4.27. The number of rotatable bonds is 6. The molecule has 1 aliphatic carbocycles. The van der Waals surface area contributed by atoms with E-state index in [-0.39, 0.29) is 29.2 Å². The Balaban J connectivity index is 1.55. The normalized spacial score (nSPS) is 24.9. The molecule has 33 heavy (non-hydrogen) atoms. The number of likely N-dealkylation sites (tertiary alicyclic amines) is 1. The smallest absolute Gasteiger partial charge is 0.335 e. The van der Waals surface area contributed by atoms with Gasteiger partial charge in [0.15, 0.2) is 0 Å². The van der Waals surface area contributed by atoms with E-state index in [1.54, 1.807) is 17.0 Å². The van der Waals surface area contributed by atoms with Crippen LogP contribution in [-0.2, 0) is 9.59 Å². The monoisotopic (exact) mass is 449 g/mol. The van der Waals surface area contributed by atoms with Gasteiger partial charge < -0.3 is 21.1 Å². The Morgan fingerprint density at radius 1 is 0.939 bits per heavy atom. The number of nitrogens with two attached hydrogens (primary N) is 1. The van der Waals surface area contributed by atoms with Gasteiger partial charge in [0.2, 0.25) is 11.8 Å². The second-order valence-electron chi connectivity index (χ2n) is 9.11. The Kier molecular flexibility index (Phi) is 7.08. The van der Waals surface area contributed by atoms with Crippen LogP contribution in [0.25, 0.3) is 0 Å². The van der Waals surface area contributed by atoms with E-state index in [1.807, 2.05) is 30.3 Å². The first kappa shape index (κ1) is 23.0. The minimum atomic E-state index is -1.02. The second kappa shape index (κ2) is 10.2. The molecule has 0 aromatic heterocycles. The van der Waals surface area contributed by atoms with Crippen LogP contribution in [0.3, 0.4) is 0 Å². The van der Waals surface area contributed by atoms with Crippen molar-refractivity contribution in [1.82, 2.24) is 4.90 Å². The van der Waals surface area contributed by atoms with Gasteiger partial charge in [-0.05, 0) is 74.4 Å². The van der Waals surface area contributed by atoms with E-state index in [1.165, 1.54) is 12.1 Å². The van der Waals surface area contributed by atoms with Gasteiger partial charge in [-0.25, -0.2) is 4.79 Å². The Morgan fingerprint density at radius 3 is 2.21 bits per heavy atom. The second-order valence-corrected chi connectivity index (χ2v) is 9.11. The lowest BCUT2D eigenvalue weighted by atomic mass is 9.81. The van der Waals surface area contributed by atoms with E-state index in [9.17, 15) is 14.4 Å². The molecule has 1 aliphatic heterocycles. The predicted molar refractivity (Wildman–Crippen MR) is 126 cm³/mol. The quantitative estimate of drug-likeness (QED) is 0.625. The lowest BCUT2D eigenvalue weighted by molar-refractivity contribution is -0.141. The maximum absolute atomic E-state index is 13.5. The average Bonchev–Trinajstić information content (AvgIpc) is 3.30. The number of amides is 2. The van der Waals surface area contributed by atoms with Crippen molar-refractivity contribution in [2.75, 3.05) is 18.4 Å². The molecular formula is C26H31N3O4. The summed E-state index contributed by atoms with van der Waals surface area (Å²) in [7, 11) is 0. The maximum Gasteiger partial charge on any atom is 0.335 e. The zero-order chi connectivity index (χ0) is 23.4. The molecule has 1 saturated heterocycles. The van der Waals surface area contributed by atoms with Crippen LogP contribution in [0, 0.1) is 11.8 Å². The number of benzene rings is 2. The van der Waals surface area contributed by atoms with Crippen LogP contribution in [0.4, 0.5) is 5.69 Å². The fraction of sp³-hybridized carbons (Fsp3) is 0.423. The summed E-state index contributed by atoms with van der Waals surface area (Å²) in [5.41, 5.74) is 7.52. The van der Waals surface area contributed by atoms with Crippen LogP contribution < -0.4 is 11.1 Å². The molecule has 174 valence electrons. The van der Waals surface area contributed by atoms with E-state index in [0.717, 1.165) is 37.7 Å². The highest BCUT2D eigenvalue weighted by Gasteiger charge is 2.44. The average molecular weight is 450 g/mol. The van der Waals surface area contributed by atoms with Crippen LogP contribution in [0.15, 0.2) is 54.6 Å². The highest BCUT2D eigenvalue weighted by Crippen LogP contribution is 2.37. The van der Waals surface area contributed by atoms with Crippen LogP contribution in [0.5, 0.6) is 0 Å². The van der Waals surface area contributed by atoms with Crippen molar-refractivity contribution in [3.63, 3.8) is 0 Å². The summed E-state index contributed by atoms with van der Waals surface area (Å²) in [5.74, 6) is -0.869. The van der Waals surface area contributed by atoms with E-state index < -0.39 is 12.0 Å². The van der Waals surface area contributed by atoms with Crippen molar-refractivity contribution >= 4 is 23.5 Å². The molecule has 2 aliphatic rings. The predicted octanol–water partition coefficient (Wildman–Crippen LogP) is 3.47. The SMILES string of the molecule is NCC1CCC(C(=O)N2CCC(c3ccccc3)C2C(=O)Nc2ccc(C(=O)O)cc2)CC1. The third-order valence-electron chi connectivity index (χ3n) is 7.11. The fourth-order valence-corrected chi connectivity index (χ4v) is 5.21. The minimum Gasteiger partial charge on any atom is -0.478 e. The number of aromatic carboxylic acids is 1. The Hall–Kier alpha value is -3.19. The van der Waals surface area contributed by atoms with Crippen molar-refractivity contribution < 1.29 is 19.5 Å². The molecule has 2 fully saturated rings. The number of carboxylic acid groups (broad SMARTS) is 1. The highest BCUT2D eigenvalue weighted by molar-refractivity contribution is 5.99. The van der Waals surface area contributed by atoms with Crippen molar-refractivity contribution in [1.29, 1.82) is 0 Å². The molecule has 7 heteroatoms. The first-order valence-electron chi connectivity index (χ1n) is 11.7. The molecule has 2 aromatic rings. The van der Waals surface area contributed by atoms with E-state index in [0.29, 0.717) is 24.7 Å². The third-order valence-corrected chi connectivity index (χ3v) is 7.11. The molecule has 0 bridgehead atoms. The zero-order valence-electron chi connectivity index (χ0n) is 18.7. The maximum atomic E-state index is 13.5. The number of hydrogen-bond donors (Lipinski definition) is 3. The summed E-state index contributed by atoms with van der Waals surface area (Å²) in [4.78, 5) is 39.9. The summed E-state index contributed by atoms with van der Waals surface area (Å²) in [6.45, 7) is 1.21. The van der Waals surface area contributed by atoms with E-state index in [4.69, 9.17) is 10.8 Å². The topological polar surface area (TPSA) is 113 Å². The van der Waals surface area contributed by atoms with Gasteiger partial charge in [0.25, 0.3) is 0 Å². The van der Waals surface area contributed by atoms with E-state index >= 15 is 0 Å². The molecule has 2 atom stereocenters. The molecule has 2 unspecified atom stereocenters. The number of carbonyl (C=O) groups is 3. The summed E-state index contributed by atoms with van der Waals surface area (Å²) in [6, 6.07) is 15.3. The standard InChI is InChI=1S/C26H31N3O4/c27-16-17-6-8-19(9-7-17)25(31)29-15-14-22(18-4-2-1-3-5-18)23(29)24(30)28-21-12-10-20(11-13-21)26(32)33/h1-5,10-13,17,19,22-23H,6-9,14-16,27H2,(H,28,30)(H,32,33). The van der Waals surface area contributed by atoms with Gasteiger partial charge in [0, 0.05) is 24.1 Å². The first-order valence-corrected chi connectivity index (χ1v) is 11.7. The largest absolute Gasteiger partial charge is 0.478 e. The van der Waals surface area contributed by atoms with Gasteiger partial charge in [0.05, 0.1) is 5.56 Å². The number of nitrogens with zero attached hydrogens (tertiary/aromatic N) is 1. The lowest BCUT2D eigenvalue weighted by Gasteiger charge is -2.33. The highest BCUT2D eigenvalue weighted by atomic mass is 16.4. The van der Waals surface area contributed by atoms with Gasteiger partial charge in [0.1, 0.15) is 6.04 Å². The van der Waals surface area contributed by atoms with Crippen molar-refractivity contribution in [2.24, 2.45) is 17.6 Å². The molecule has 2 aromatic carbocycles. The lowest BCUT2D eigenvalue weighted by Crippen LogP contribution is -2.48. The van der Waals surface area contributed by atoms with Crippen LogP contribution in [0.2, 0.25) is 0 Å². The van der Waals surface area contributed by atoms with Gasteiger partial charge in [-0.1, -0.05) is 30.3 Å². The molecule has 4 rings (SSSR count).